The predicted molar refractivity (Wildman–Crippen MR) is 82.3 cm³/mol. The molecule has 0 bridgehead atoms. The summed E-state index contributed by atoms with van der Waals surface area (Å²) in [5.74, 6) is -0.977. The smallest absolute Gasteiger partial charge is 0.329 e. The lowest BCUT2D eigenvalue weighted by Crippen LogP contribution is -2.21. The van der Waals surface area contributed by atoms with E-state index < -0.39 is 11.9 Å². The van der Waals surface area contributed by atoms with Gasteiger partial charge in [-0.1, -0.05) is 12.1 Å². The first-order chi connectivity index (χ1) is 11.7. The van der Waals surface area contributed by atoms with Crippen LogP contribution in [-0.4, -0.2) is 5.97 Å². The number of benzene rings is 2. The van der Waals surface area contributed by atoms with Crippen LogP contribution in [0.4, 0.5) is 0 Å². The van der Waals surface area contributed by atoms with Gasteiger partial charge in [0.25, 0.3) is 6.26 Å². The molecule has 0 aliphatic carbocycles. The molecule has 2 aromatic carbocycles. The van der Waals surface area contributed by atoms with Crippen LogP contribution in [0.25, 0.3) is 0 Å². The van der Waals surface area contributed by atoms with Crippen LogP contribution in [0.3, 0.4) is 0 Å². The summed E-state index contributed by atoms with van der Waals surface area (Å²) in [4.78, 5) is 12.1. The van der Waals surface area contributed by atoms with Crippen molar-refractivity contribution >= 4 is 5.97 Å². The zero-order chi connectivity index (χ0) is 17.4. The number of carbonyl (C=O) groups excluding carboxylic acids is 1. The quantitative estimate of drug-likeness (QED) is 0.476. The second-order valence-corrected chi connectivity index (χ2v) is 4.78. The second-order valence-electron chi connectivity index (χ2n) is 4.78. The molecule has 0 radical (unpaired) electrons. The lowest BCUT2D eigenvalue weighted by atomic mass is 10.0. The molecule has 0 aliphatic heterocycles. The third kappa shape index (κ3) is 4.34. The van der Waals surface area contributed by atoms with Crippen LogP contribution in [0, 0.1) is 40.1 Å². The fourth-order valence-corrected chi connectivity index (χ4v) is 1.95. The van der Waals surface area contributed by atoms with Gasteiger partial charge in [0.1, 0.15) is 17.4 Å². The monoisotopic (exact) mass is 317 g/mol. The van der Waals surface area contributed by atoms with E-state index >= 15 is 0 Å². The van der Waals surface area contributed by atoms with Crippen LogP contribution < -0.4 is 9.47 Å². The SMILES string of the molecule is N#COc1ccc(CC(C#N)C(=O)Oc2ccc(C#N)cc2)cc1. The summed E-state index contributed by atoms with van der Waals surface area (Å²) in [7, 11) is 0. The molecule has 0 N–H and O–H groups in total. The summed E-state index contributed by atoms with van der Waals surface area (Å²) in [5, 5.41) is 26.3. The van der Waals surface area contributed by atoms with E-state index in [1.807, 2.05) is 12.1 Å². The highest BCUT2D eigenvalue weighted by atomic mass is 16.5. The normalized spacial score (nSPS) is 10.5. The summed E-state index contributed by atoms with van der Waals surface area (Å²) in [6.07, 6.45) is 1.74. The highest BCUT2D eigenvalue weighted by Gasteiger charge is 2.21. The van der Waals surface area contributed by atoms with Crippen molar-refractivity contribution in [2.75, 3.05) is 0 Å². The average molecular weight is 317 g/mol. The molecular weight excluding hydrogens is 306 g/mol. The molecule has 0 saturated carbocycles. The number of nitriles is 3. The Balaban J connectivity index is 2.02. The molecule has 2 aromatic rings. The van der Waals surface area contributed by atoms with E-state index in [4.69, 9.17) is 15.3 Å². The molecule has 1 unspecified atom stereocenters. The second kappa shape index (κ2) is 7.98. The lowest BCUT2D eigenvalue weighted by molar-refractivity contribution is -0.137. The number of carbonyl (C=O) groups is 1. The van der Waals surface area contributed by atoms with Crippen molar-refractivity contribution in [3.05, 3.63) is 59.7 Å². The fraction of sp³-hybridized carbons (Fsp3) is 0.111. The van der Waals surface area contributed by atoms with Crippen molar-refractivity contribution in [1.82, 2.24) is 0 Å². The Kier molecular flexibility index (Phi) is 5.50. The van der Waals surface area contributed by atoms with Gasteiger partial charge in [0.2, 0.25) is 0 Å². The van der Waals surface area contributed by atoms with E-state index in [1.54, 1.807) is 30.5 Å². The standard InChI is InChI=1S/C18H11N3O3/c19-10-14-3-7-17(8-4-14)24-18(22)15(11-20)9-13-1-5-16(6-2-13)23-12-21/h1-8,15H,9H2. The molecule has 0 heterocycles. The van der Waals surface area contributed by atoms with Crippen LogP contribution in [0.2, 0.25) is 0 Å². The molecule has 24 heavy (non-hydrogen) atoms. The molecule has 0 spiro atoms. The number of hydrogen-bond acceptors (Lipinski definition) is 6. The van der Waals surface area contributed by atoms with Crippen molar-refractivity contribution < 1.29 is 14.3 Å². The van der Waals surface area contributed by atoms with Crippen molar-refractivity contribution in [1.29, 1.82) is 15.8 Å². The molecule has 0 amide bonds. The highest BCUT2D eigenvalue weighted by molar-refractivity contribution is 5.78. The summed E-state index contributed by atoms with van der Waals surface area (Å²) in [6, 6.07) is 16.4. The van der Waals surface area contributed by atoms with Gasteiger partial charge in [-0.25, -0.2) is 0 Å². The molecule has 2 rings (SSSR count). The fourth-order valence-electron chi connectivity index (χ4n) is 1.95. The minimum atomic E-state index is -0.969. The van der Waals surface area contributed by atoms with E-state index in [2.05, 4.69) is 4.74 Å². The van der Waals surface area contributed by atoms with E-state index in [9.17, 15) is 10.1 Å². The van der Waals surface area contributed by atoms with Gasteiger partial charge in [0, 0.05) is 0 Å². The van der Waals surface area contributed by atoms with E-state index in [-0.39, 0.29) is 12.2 Å². The molecule has 0 aliphatic rings. The zero-order valence-electron chi connectivity index (χ0n) is 12.5. The molecule has 1 atom stereocenters. The van der Waals surface area contributed by atoms with Crippen LogP contribution >= 0.6 is 0 Å². The molecular formula is C18H11N3O3. The largest absolute Gasteiger partial charge is 0.426 e. The molecule has 0 aromatic heterocycles. The molecule has 0 fully saturated rings. The Labute approximate surface area is 138 Å². The Hall–Kier alpha value is -3.82. The van der Waals surface area contributed by atoms with Gasteiger partial charge in [-0.15, -0.1) is 5.26 Å². The van der Waals surface area contributed by atoms with E-state index in [0.29, 0.717) is 11.3 Å². The van der Waals surface area contributed by atoms with Crippen LogP contribution in [0.5, 0.6) is 11.5 Å². The molecule has 6 heteroatoms. The summed E-state index contributed by atoms with van der Waals surface area (Å²) < 4.78 is 9.83. The summed E-state index contributed by atoms with van der Waals surface area (Å²) in [6.45, 7) is 0. The van der Waals surface area contributed by atoms with Gasteiger partial charge in [-0.2, -0.15) is 10.5 Å². The minimum Gasteiger partial charge on any atom is -0.426 e. The topological polar surface area (TPSA) is 107 Å². The molecule has 0 saturated heterocycles. The van der Waals surface area contributed by atoms with Crippen LogP contribution in [-0.2, 0) is 11.2 Å². The van der Waals surface area contributed by atoms with E-state index in [0.717, 1.165) is 5.56 Å². The third-order valence-corrected chi connectivity index (χ3v) is 3.17. The third-order valence-electron chi connectivity index (χ3n) is 3.17. The maximum absolute atomic E-state index is 12.1. The predicted octanol–water partition coefficient (Wildman–Crippen LogP) is 2.71. The maximum Gasteiger partial charge on any atom is 0.329 e. The maximum atomic E-state index is 12.1. The highest BCUT2D eigenvalue weighted by Crippen LogP contribution is 2.18. The lowest BCUT2D eigenvalue weighted by Gasteiger charge is -2.09. The Bertz CT molecular complexity index is 838. The van der Waals surface area contributed by atoms with Crippen molar-refractivity contribution in [3.8, 4) is 29.9 Å². The minimum absolute atomic E-state index is 0.179. The Morgan fingerprint density at radius 3 is 2.12 bits per heavy atom. The van der Waals surface area contributed by atoms with Gasteiger partial charge in [0.05, 0.1) is 17.7 Å². The Morgan fingerprint density at radius 2 is 1.58 bits per heavy atom. The summed E-state index contributed by atoms with van der Waals surface area (Å²) in [5.41, 5.74) is 1.19. The van der Waals surface area contributed by atoms with Gasteiger partial charge in [-0.05, 0) is 48.4 Å². The van der Waals surface area contributed by atoms with Crippen molar-refractivity contribution in [2.45, 2.75) is 6.42 Å². The van der Waals surface area contributed by atoms with Crippen LogP contribution in [0.1, 0.15) is 11.1 Å². The van der Waals surface area contributed by atoms with Gasteiger partial charge in [-0.3, -0.25) is 4.79 Å². The van der Waals surface area contributed by atoms with Gasteiger partial charge < -0.3 is 9.47 Å². The first-order valence-corrected chi connectivity index (χ1v) is 6.92. The number of esters is 1. The van der Waals surface area contributed by atoms with Crippen molar-refractivity contribution in [3.63, 3.8) is 0 Å². The number of rotatable bonds is 5. The van der Waals surface area contributed by atoms with Gasteiger partial charge >= 0.3 is 5.97 Å². The average Bonchev–Trinajstić information content (AvgIpc) is 2.62. The summed E-state index contributed by atoms with van der Waals surface area (Å²) >= 11 is 0. The molecule has 116 valence electrons. The number of nitrogens with zero attached hydrogens (tertiary/aromatic N) is 3. The van der Waals surface area contributed by atoms with Gasteiger partial charge in [0.15, 0.2) is 0 Å². The van der Waals surface area contributed by atoms with Crippen molar-refractivity contribution in [2.24, 2.45) is 5.92 Å². The van der Waals surface area contributed by atoms with Crippen LogP contribution in [0.15, 0.2) is 48.5 Å². The number of hydrogen-bond donors (Lipinski definition) is 0. The zero-order valence-corrected chi connectivity index (χ0v) is 12.5. The molecule has 6 nitrogen and oxygen atoms in total. The Morgan fingerprint density at radius 1 is 0.958 bits per heavy atom. The first-order valence-electron chi connectivity index (χ1n) is 6.92. The number of ether oxygens (including phenoxy) is 2. The van der Waals surface area contributed by atoms with E-state index in [1.165, 1.54) is 24.3 Å². The first kappa shape index (κ1) is 16.5.